The third-order valence-corrected chi connectivity index (χ3v) is 3.89. The minimum Gasteiger partial charge on any atom is -1.00 e. The molecule has 1 aromatic carbocycles. The summed E-state index contributed by atoms with van der Waals surface area (Å²) < 4.78 is 9.28. The highest BCUT2D eigenvalue weighted by atomic mass is 79.9. The fourth-order valence-electron chi connectivity index (χ4n) is 2.56. The van der Waals surface area contributed by atoms with Gasteiger partial charge in [0.05, 0.1) is 18.7 Å². The van der Waals surface area contributed by atoms with Gasteiger partial charge in [-0.1, -0.05) is 26.2 Å². The summed E-state index contributed by atoms with van der Waals surface area (Å²) in [6.07, 6.45) is 12.7. The Morgan fingerprint density at radius 2 is 1.79 bits per heavy atom. The Morgan fingerprint density at radius 3 is 2.46 bits per heavy atom. The van der Waals surface area contributed by atoms with E-state index in [1.807, 2.05) is 37.4 Å². The molecule has 5 heteroatoms. The third kappa shape index (κ3) is 6.11. The van der Waals surface area contributed by atoms with Gasteiger partial charge in [0.25, 0.3) is 0 Å². The van der Waals surface area contributed by atoms with E-state index in [1.165, 1.54) is 32.1 Å². The van der Waals surface area contributed by atoms with Gasteiger partial charge in [-0.05, 0) is 44.0 Å². The van der Waals surface area contributed by atoms with Crippen LogP contribution in [-0.4, -0.2) is 17.1 Å². The highest BCUT2D eigenvalue weighted by Gasteiger charge is 2.09. The van der Waals surface area contributed by atoms with Crippen molar-refractivity contribution in [2.24, 2.45) is 0 Å². The molecule has 0 aliphatic carbocycles. The van der Waals surface area contributed by atoms with Crippen molar-refractivity contribution in [1.29, 1.82) is 0 Å². The van der Waals surface area contributed by atoms with Crippen LogP contribution in [0.4, 0.5) is 0 Å². The van der Waals surface area contributed by atoms with Crippen LogP contribution in [0.15, 0.2) is 43.0 Å². The number of ether oxygens (including phenoxy) is 1. The van der Waals surface area contributed by atoms with Gasteiger partial charge in [-0.25, -0.2) is 13.9 Å². The van der Waals surface area contributed by atoms with Crippen molar-refractivity contribution in [3.63, 3.8) is 0 Å². The van der Waals surface area contributed by atoms with Gasteiger partial charge in [0.2, 0.25) is 6.33 Å². The van der Waals surface area contributed by atoms with E-state index in [-0.39, 0.29) is 23.0 Å². The molecule has 24 heavy (non-hydrogen) atoms. The van der Waals surface area contributed by atoms with Crippen molar-refractivity contribution < 1.29 is 31.1 Å². The Hall–Kier alpha value is -1.62. The molecule has 4 nitrogen and oxygen atoms in total. The first-order valence-electron chi connectivity index (χ1n) is 8.59. The fraction of sp³-hybridized carbons (Fsp3) is 0.474. The first-order valence-corrected chi connectivity index (χ1v) is 8.59. The molecule has 1 aromatic heterocycles. The molecule has 1 heterocycles. The number of nitrogens with zero attached hydrogens (tertiary/aromatic N) is 2. The summed E-state index contributed by atoms with van der Waals surface area (Å²) in [5.41, 5.74) is 1.63. The van der Waals surface area contributed by atoms with Crippen molar-refractivity contribution in [3.05, 3.63) is 48.5 Å². The second-order valence-electron chi connectivity index (χ2n) is 5.74. The number of hydrogen-bond acceptors (Lipinski definition) is 2. The number of benzene rings is 1. The lowest BCUT2D eigenvalue weighted by Crippen LogP contribution is -3.00. The van der Waals surface area contributed by atoms with Crippen LogP contribution in [-0.2, 0) is 11.3 Å². The standard InChI is InChI=1S/C19H27N2O2.BrH/c1-3-5-6-7-8-13-20-14-15-21(16-20)18-11-9-17(10-12-18)19(22)23-4-2;/h9-12,14-16H,3-8,13H2,1-2H3;1H/q+1;/p-1. The number of carbonyl (C=O) groups excluding carboxylic acids is 1. The summed E-state index contributed by atoms with van der Waals surface area (Å²) in [6.45, 7) is 5.50. The number of carbonyl (C=O) groups is 1. The average Bonchev–Trinajstić information content (AvgIpc) is 3.04. The first-order chi connectivity index (χ1) is 11.2. The number of imidazole rings is 1. The quantitative estimate of drug-likeness (QED) is 0.360. The predicted octanol–water partition coefficient (Wildman–Crippen LogP) is 0.916. The number of hydrogen-bond donors (Lipinski definition) is 0. The van der Waals surface area contributed by atoms with E-state index in [0.717, 1.165) is 12.2 Å². The van der Waals surface area contributed by atoms with Gasteiger partial charge >= 0.3 is 5.97 Å². The summed E-state index contributed by atoms with van der Waals surface area (Å²) in [6, 6.07) is 7.50. The maximum atomic E-state index is 11.7. The molecule has 2 aromatic rings. The molecule has 0 spiro atoms. The number of aromatic nitrogens is 2. The zero-order valence-corrected chi connectivity index (χ0v) is 16.2. The second kappa shape index (κ2) is 11.0. The van der Waals surface area contributed by atoms with E-state index in [0.29, 0.717) is 12.2 Å². The van der Waals surface area contributed by atoms with Crippen LogP contribution in [0.5, 0.6) is 0 Å². The van der Waals surface area contributed by atoms with Crippen LogP contribution >= 0.6 is 0 Å². The molecule has 0 bridgehead atoms. The fourth-order valence-corrected chi connectivity index (χ4v) is 2.56. The van der Waals surface area contributed by atoms with Crippen LogP contribution in [0.25, 0.3) is 5.69 Å². The van der Waals surface area contributed by atoms with Gasteiger partial charge in [0.1, 0.15) is 18.1 Å². The molecule has 0 saturated carbocycles. The Labute approximate surface area is 155 Å². The number of esters is 1. The third-order valence-electron chi connectivity index (χ3n) is 3.89. The first kappa shape index (κ1) is 20.4. The van der Waals surface area contributed by atoms with Gasteiger partial charge in [-0.2, -0.15) is 0 Å². The Morgan fingerprint density at radius 1 is 1.08 bits per heavy atom. The Kier molecular flexibility index (Phi) is 9.38. The van der Waals surface area contributed by atoms with Crippen molar-refractivity contribution in [2.75, 3.05) is 6.61 Å². The lowest BCUT2D eigenvalue weighted by Gasteiger charge is -2.02. The summed E-state index contributed by atoms with van der Waals surface area (Å²) >= 11 is 0. The van der Waals surface area contributed by atoms with Crippen LogP contribution in [0.1, 0.15) is 56.3 Å². The largest absolute Gasteiger partial charge is 1.00 e. The van der Waals surface area contributed by atoms with Gasteiger partial charge in [0.15, 0.2) is 0 Å². The summed E-state index contributed by atoms with van der Waals surface area (Å²) in [4.78, 5) is 11.7. The monoisotopic (exact) mass is 394 g/mol. The Bertz CT molecular complexity index is 608. The molecule has 0 saturated heterocycles. The maximum Gasteiger partial charge on any atom is 0.338 e. The molecule has 0 radical (unpaired) electrons. The van der Waals surface area contributed by atoms with Crippen LogP contribution in [0.2, 0.25) is 0 Å². The minimum absolute atomic E-state index is 0. The normalized spacial score (nSPS) is 10.2. The van der Waals surface area contributed by atoms with E-state index in [9.17, 15) is 4.79 Å². The molecule has 0 aliphatic rings. The molecule has 2 rings (SSSR count). The van der Waals surface area contributed by atoms with Crippen molar-refractivity contribution in [2.45, 2.75) is 52.5 Å². The number of unbranched alkanes of at least 4 members (excludes halogenated alkanes) is 4. The molecular formula is C19H27BrN2O2. The van der Waals surface area contributed by atoms with E-state index in [4.69, 9.17) is 4.74 Å². The van der Waals surface area contributed by atoms with E-state index < -0.39 is 0 Å². The molecule has 0 fully saturated rings. The minimum atomic E-state index is -0.270. The van der Waals surface area contributed by atoms with Crippen LogP contribution in [0, 0.1) is 0 Å². The topological polar surface area (TPSA) is 35.1 Å². The Balaban J connectivity index is 0.00000288. The molecular weight excluding hydrogens is 368 g/mol. The second-order valence-corrected chi connectivity index (χ2v) is 5.74. The highest BCUT2D eigenvalue weighted by molar-refractivity contribution is 5.89. The zero-order valence-electron chi connectivity index (χ0n) is 14.6. The lowest BCUT2D eigenvalue weighted by atomic mass is 10.1. The SMILES string of the molecule is CCCCCCC[n+]1ccn(-c2ccc(C(=O)OCC)cc2)c1.[Br-]. The van der Waals surface area contributed by atoms with Gasteiger partial charge in [-0.15, -0.1) is 0 Å². The number of aryl methyl sites for hydroxylation is 1. The van der Waals surface area contributed by atoms with Gasteiger partial charge in [0, 0.05) is 0 Å². The van der Waals surface area contributed by atoms with Crippen molar-refractivity contribution in [1.82, 2.24) is 4.57 Å². The van der Waals surface area contributed by atoms with Crippen LogP contribution < -0.4 is 21.5 Å². The number of rotatable bonds is 9. The lowest BCUT2D eigenvalue weighted by molar-refractivity contribution is -0.696. The molecule has 0 amide bonds. The highest BCUT2D eigenvalue weighted by Crippen LogP contribution is 2.10. The van der Waals surface area contributed by atoms with E-state index >= 15 is 0 Å². The van der Waals surface area contributed by atoms with Gasteiger partial charge < -0.3 is 21.7 Å². The number of halogens is 1. The summed E-state index contributed by atoms with van der Waals surface area (Å²) in [5.74, 6) is -0.270. The van der Waals surface area contributed by atoms with E-state index in [1.54, 1.807) is 0 Å². The average molecular weight is 395 g/mol. The maximum absolute atomic E-state index is 11.7. The molecule has 132 valence electrons. The van der Waals surface area contributed by atoms with Crippen LogP contribution in [0.3, 0.4) is 0 Å². The smallest absolute Gasteiger partial charge is 0.338 e. The summed E-state index contributed by atoms with van der Waals surface area (Å²) in [5, 5.41) is 0. The molecule has 0 N–H and O–H groups in total. The molecule has 0 aliphatic heterocycles. The zero-order chi connectivity index (χ0) is 16.5. The van der Waals surface area contributed by atoms with Gasteiger partial charge in [-0.3, -0.25) is 0 Å². The van der Waals surface area contributed by atoms with Crippen molar-refractivity contribution in [3.8, 4) is 5.69 Å². The molecule has 0 atom stereocenters. The summed E-state index contributed by atoms with van der Waals surface area (Å²) in [7, 11) is 0. The predicted molar refractivity (Wildman–Crippen MR) is 90.7 cm³/mol. The molecule has 0 unspecified atom stereocenters. The van der Waals surface area contributed by atoms with E-state index in [2.05, 4.69) is 28.6 Å². The van der Waals surface area contributed by atoms with Crippen molar-refractivity contribution >= 4 is 5.97 Å².